The third-order valence-corrected chi connectivity index (χ3v) is 2.85. The number of hydrogen-bond acceptors (Lipinski definition) is 3. The fourth-order valence-corrected chi connectivity index (χ4v) is 1.57. The topological polar surface area (TPSA) is 64.4 Å². The average molecular weight is 287 g/mol. The number of nitrogens with one attached hydrogen (secondary N) is 1. The van der Waals surface area contributed by atoms with Crippen molar-refractivity contribution in [2.24, 2.45) is 5.73 Å². The van der Waals surface area contributed by atoms with Gasteiger partial charge in [-0.3, -0.25) is 4.79 Å². The van der Waals surface area contributed by atoms with Gasteiger partial charge in [-0.25, -0.2) is 0 Å². The zero-order chi connectivity index (χ0) is 12.1. The maximum atomic E-state index is 11.5. The van der Waals surface area contributed by atoms with Crippen LogP contribution in [-0.4, -0.2) is 19.1 Å². The molecule has 1 atom stereocenters. The molecule has 0 fully saturated rings. The number of carbonyl (C=O) groups is 1. The van der Waals surface area contributed by atoms with Gasteiger partial charge in [-0.15, -0.1) is 0 Å². The van der Waals surface area contributed by atoms with Gasteiger partial charge in [0.1, 0.15) is 5.75 Å². The summed E-state index contributed by atoms with van der Waals surface area (Å²) in [5.41, 5.74) is 6.29. The van der Waals surface area contributed by atoms with Gasteiger partial charge < -0.3 is 15.8 Å². The minimum atomic E-state index is -0.477. The number of amides is 1. The molecule has 88 valence electrons. The minimum absolute atomic E-state index is 0.188. The number of nitrogens with two attached hydrogens (primary N) is 1. The summed E-state index contributed by atoms with van der Waals surface area (Å²) in [7, 11) is 1.57. The van der Waals surface area contributed by atoms with Gasteiger partial charge in [-0.2, -0.15) is 0 Å². The van der Waals surface area contributed by atoms with Gasteiger partial charge in [0.05, 0.1) is 17.6 Å². The van der Waals surface area contributed by atoms with Crippen molar-refractivity contribution in [3.63, 3.8) is 0 Å². The fraction of sp³-hybridized carbons (Fsp3) is 0.364. The Morgan fingerprint density at radius 1 is 1.62 bits per heavy atom. The molecular weight excluding hydrogens is 272 g/mol. The van der Waals surface area contributed by atoms with Crippen LogP contribution in [0.2, 0.25) is 0 Å². The number of hydrogen-bond donors (Lipinski definition) is 2. The molecule has 0 saturated heterocycles. The molecule has 0 aliphatic heterocycles. The second-order valence-electron chi connectivity index (χ2n) is 3.35. The molecule has 1 aromatic carbocycles. The lowest BCUT2D eigenvalue weighted by molar-refractivity contribution is -0.117. The molecule has 0 heterocycles. The summed E-state index contributed by atoms with van der Waals surface area (Å²) in [4.78, 5) is 11.5. The van der Waals surface area contributed by atoms with Crippen LogP contribution in [0.15, 0.2) is 22.7 Å². The maximum absolute atomic E-state index is 11.5. The van der Waals surface area contributed by atoms with E-state index in [9.17, 15) is 4.79 Å². The van der Waals surface area contributed by atoms with Gasteiger partial charge in [0.25, 0.3) is 0 Å². The van der Waals surface area contributed by atoms with E-state index in [1.807, 2.05) is 13.0 Å². The lowest BCUT2D eigenvalue weighted by Crippen LogP contribution is -2.34. The highest BCUT2D eigenvalue weighted by Gasteiger charge is 2.11. The summed E-state index contributed by atoms with van der Waals surface area (Å²) in [5, 5.41) is 2.73. The van der Waals surface area contributed by atoms with Gasteiger partial charge in [0.15, 0.2) is 0 Å². The van der Waals surface area contributed by atoms with E-state index in [-0.39, 0.29) is 5.91 Å². The minimum Gasteiger partial charge on any atom is -0.495 e. The first-order valence-corrected chi connectivity index (χ1v) is 5.77. The number of halogens is 1. The molecule has 0 saturated carbocycles. The van der Waals surface area contributed by atoms with Crippen LogP contribution >= 0.6 is 15.9 Å². The van der Waals surface area contributed by atoms with Gasteiger partial charge in [0, 0.05) is 11.8 Å². The van der Waals surface area contributed by atoms with E-state index < -0.39 is 6.04 Å². The van der Waals surface area contributed by atoms with Crippen molar-refractivity contribution in [3.8, 4) is 5.75 Å². The first-order valence-electron chi connectivity index (χ1n) is 4.98. The predicted molar refractivity (Wildman–Crippen MR) is 67.6 cm³/mol. The van der Waals surface area contributed by atoms with Crippen molar-refractivity contribution in [2.75, 3.05) is 12.4 Å². The van der Waals surface area contributed by atoms with Crippen LogP contribution in [0.3, 0.4) is 0 Å². The van der Waals surface area contributed by atoms with Gasteiger partial charge >= 0.3 is 0 Å². The number of benzene rings is 1. The molecule has 4 nitrogen and oxygen atoms in total. The lowest BCUT2D eigenvalue weighted by atomic mass is 10.2. The molecule has 1 unspecified atom stereocenters. The second-order valence-corrected chi connectivity index (χ2v) is 4.21. The monoisotopic (exact) mass is 286 g/mol. The highest BCUT2D eigenvalue weighted by atomic mass is 79.9. The molecule has 0 aliphatic carbocycles. The highest BCUT2D eigenvalue weighted by molar-refractivity contribution is 9.10. The van der Waals surface area contributed by atoms with E-state index in [2.05, 4.69) is 21.2 Å². The van der Waals surface area contributed by atoms with Crippen molar-refractivity contribution in [1.82, 2.24) is 0 Å². The Bertz CT molecular complexity index is 382. The average Bonchev–Trinajstić information content (AvgIpc) is 2.30. The number of anilines is 1. The Morgan fingerprint density at radius 3 is 2.88 bits per heavy atom. The number of ether oxygens (including phenoxy) is 1. The smallest absolute Gasteiger partial charge is 0.241 e. The molecule has 5 heteroatoms. The van der Waals surface area contributed by atoms with Crippen LogP contribution in [0, 0.1) is 0 Å². The molecular formula is C11H15BrN2O2. The number of methoxy groups -OCH3 is 1. The second kappa shape index (κ2) is 5.86. The van der Waals surface area contributed by atoms with Crippen LogP contribution in [0.4, 0.5) is 5.69 Å². The first-order chi connectivity index (χ1) is 7.58. The van der Waals surface area contributed by atoms with Crippen molar-refractivity contribution >= 4 is 27.5 Å². The molecule has 0 aromatic heterocycles. The molecule has 1 aromatic rings. The summed E-state index contributed by atoms with van der Waals surface area (Å²) in [6, 6.07) is 4.86. The standard InChI is InChI=1S/C11H15BrN2O2/c1-3-9(13)11(15)14-7-4-5-8(12)10(6-7)16-2/h4-6,9H,3,13H2,1-2H3,(H,14,15). The quantitative estimate of drug-likeness (QED) is 0.891. The van der Waals surface area contributed by atoms with Gasteiger partial charge in [-0.1, -0.05) is 6.92 Å². The number of carbonyl (C=O) groups excluding carboxylic acids is 1. The van der Waals surface area contributed by atoms with Crippen LogP contribution in [-0.2, 0) is 4.79 Å². The molecule has 0 aliphatic rings. The summed E-state index contributed by atoms with van der Waals surface area (Å²) in [6.45, 7) is 1.87. The van der Waals surface area contributed by atoms with Crippen molar-refractivity contribution in [1.29, 1.82) is 0 Å². The van der Waals surface area contributed by atoms with E-state index in [4.69, 9.17) is 10.5 Å². The summed E-state index contributed by atoms with van der Waals surface area (Å²) >= 11 is 3.34. The van der Waals surface area contributed by atoms with E-state index >= 15 is 0 Å². The van der Waals surface area contributed by atoms with Crippen molar-refractivity contribution in [2.45, 2.75) is 19.4 Å². The Kier molecular flexibility index (Phi) is 4.76. The van der Waals surface area contributed by atoms with Crippen LogP contribution in [0.1, 0.15) is 13.3 Å². The largest absolute Gasteiger partial charge is 0.495 e. The molecule has 3 N–H and O–H groups in total. The molecule has 1 rings (SSSR count). The van der Waals surface area contributed by atoms with E-state index in [0.717, 1.165) is 4.47 Å². The Balaban J connectivity index is 2.78. The normalized spacial score (nSPS) is 12.0. The molecule has 1 amide bonds. The van der Waals surface area contributed by atoms with Crippen LogP contribution < -0.4 is 15.8 Å². The Morgan fingerprint density at radius 2 is 2.31 bits per heavy atom. The van der Waals surface area contributed by atoms with Gasteiger partial charge in [0.2, 0.25) is 5.91 Å². The predicted octanol–water partition coefficient (Wildman–Crippen LogP) is 2.13. The maximum Gasteiger partial charge on any atom is 0.241 e. The van der Waals surface area contributed by atoms with Crippen LogP contribution in [0.5, 0.6) is 5.75 Å². The molecule has 0 radical (unpaired) electrons. The highest BCUT2D eigenvalue weighted by Crippen LogP contribution is 2.27. The van der Waals surface area contributed by atoms with Gasteiger partial charge in [-0.05, 0) is 34.5 Å². The summed E-state index contributed by atoms with van der Waals surface area (Å²) < 4.78 is 5.97. The molecule has 0 spiro atoms. The van der Waals surface area contributed by atoms with E-state index in [1.54, 1.807) is 19.2 Å². The summed E-state index contributed by atoms with van der Waals surface area (Å²) in [6.07, 6.45) is 0.611. The molecule has 0 bridgehead atoms. The van der Waals surface area contributed by atoms with Crippen molar-refractivity contribution < 1.29 is 9.53 Å². The zero-order valence-electron chi connectivity index (χ0n) is 9.29. The van der Waals surface area contributed by atoms with E-state index in [0.29, 0.717) is 17.9 Å². The third-order valence-electron chi connectivity index (χ3n) is 2.20. The molecule has 16 heavy (non-hydrogen) atoms. The first kappa shape index (κ1) is 13.0. The Labute approximate surface area is 103 Å². The Hall–Kier alpha value is -1.07. The SMILES string of the molecule is CCC(N)C(=O)Nc1ccc(Br)c(OC)c1. The fourth-order valence-electron chi connectivity index (χ4n) is 1.16. The van der Waals surface area contributed by atoms with E-state index in [1.165, 1.54) is 0 Å². The lowest BCUT2D eigenvalue weighted by Gasteiger charge is -2.11. The zero-order valence-corrected chi connectivity index (χ0v) is 10.9. The van der Waals surface area contributed by atoms with Crippen LogP contribution in [0.25, 0.3) is 0 Å². The summed E-state index contributed by atoms with van der Waals surface area (Å²) in [5.74, 6) is 0.481. The third kappa shape index (κ3) is 3.21. The van der Waals surface area contributed by atoms with Crippen molar-refractivity contribution in [3.05, 3.63) is 22.7 Å². The number of rotatable bonds is 4.